The SMILES string of the molecule is CN(CCN1CCCCC1)CC(O)CN1CCOCC1. The fourth-order valence-electron chi connectivity index (χ4n) is 3.09. The quantitative estimate of drug-likeness (QED) is 0.718. The van der Waals surface area contributed by atoms with Gasteiger partial charge in [0.15, 0.2) is 0 Å². The van der Waals surface area contributed by atoms with Crippen molar-refractivity contribution in [1.29, 1.82) is 0 Å². The van der Waals surface area contributed by atoms with Gasteiger partial charge in [-0.05, 0) is 33.0 Å². The molecule has 1 atom stereocenters. The molecule has 2 rings (SSSR count). The van der Waals surface area contributed by atoms with E-state index in [1.807, 2.05) is 0 Å². The van der Waals surface area contributed by atoms with Crippen LogP contribution in [0.25, 0.3) is 0 Å². The number of piperidine rings is 1. The number of likely N-dealkylation sites (N-methyl/N-ethyl adjacent to an activating group) is 1. The summed E-state index contributed by atoms with van der Waals surface area (Å²) in [6.45, 7) is 9.76. The molecule has 0 saturated carbocycles. The molecule has 0 aromatic heterocycles. The predicted octanol–water partition coefficient (Wildman–Crippen LogP) is 0.0972. The van der Waals surface area contributed by atoms with Crippen molar-refractivity contribution in [2.24, 2.45) is 0 Å². The molecule has 1 unspecified atom stereocenters. The van der Waals surface area contributed by atoms with Crippen LogP contribution in [-0.2, 0) is 4.74 Å². The topological polar surface area (TPSA) is 39.2 Å². The van der Waals surface area contributed by atoms with Crippen molar-refractivity contribution in [3.05, 3.63) is 0 Å². The number of nitrogens with zero attached hydrogens (tertiary/aromatic N) is 3. The van der Waals surface area contributed by atoms with Crippen LogP contribution in [0, 0.1) is 0 Å². The summed E-state index contributed by atoms with van der Waals surface area (Å²) in [6.07, 6.45) is 3.84. The van der Waals surface area contributed by atoms with Crippen LogP contribution in [0.1, 0.15) is 19.3 Å². The second-order valence-corrected chi connectivity index (χ2v) is 6.23. The molecule has 2 fully saturated rings. The first kappa shape index (κ1) is 16.2. The van der Waals surface area contributed by atoms with Crippen LogP contribution in [0.15, 0.2) is 0 Å². The number of rotatable bonds is 7. The van der Waals surface area contributed by atoms with Gasteiger partial charge in [-0.2, -0.15) is 0 Å². The molecule has 0 bridgehead atoms. The number of hydrogen-bond acceptors (Lipinski definition) is 5. The van der Waals surface area contributed by atoms with E-state index < -0.39 is 0 Å². The minimum absolute atomic E-state index is 0.251. The standard InChI is InChI=1S/C15H31N3O2/c1-16(7-8-17-5-3-2-4-6-17)13-15(19)14-18-9-11-20-12-10-18/h15,19H,2-14H2,1H3. The smallest absolute Gasteiger partial charge is 0.0793 e. The zero-order valence-corrected chi connectivity index (χ0v) is 13.0. The minimum atomic E-state index is -0.251. The Morgan fingerprint density at radius 2 is 1.75 bits per heavy atom. The van der Waals surface area contributed by atoms with Crippen molar-refractivity contribution >= 4 is 0 Å². The van der Waals surface area contributed by atoms with Crippen molar-refractivity contribution in [2.75, 3.05) is 72.6 Å². The van der Waals surface area contributed by atoms with Gasteiger partial charge in [-0.1, -0.05) is 6.42 Å². The summed E-state index contributed by atoms with van der Waals surface area (Å²) >= 11 is 0. The number of ether oxygens (including phenoxy) is 1. The normalized spacial score (nSPS) is 24.1. The number of morpholine rings is 1. The highest BCUT2D eigenvalue weighted by molar-refractivity contribution is 4.71. The molecule has 0 spiro atoms. The molecule has 2 heterocycles. The lowest BCUT2D eigenvalue weighted by molar-refractivity contribution is 0.00815. The van der Waals surface area contributed by atoms with Crippen molar-refractivity contribution in [1.82, 2.24) is 14.7 Å². The number of aliphatic hydroxyl groups excluding tert-OH is 1. The number of β-amino-alcohol motifs (C(OH)–C–C–N with tert-alkyl or cyclic N) is 1. The largest absolute Gasteiger partial charge is 0.390 e. The first-order valence-electron chi connectivity index (χ1n) is 8.13. The molecule has 1 N–H and O–H groups in total. The van der Waals surface area contributed by atoms with Crippen LogP contribution in [0.5, 0.6) is 0 Å². The molecule has 0 aromatic rings. The summed E-state index contributed by atoms with van der Waals surface area (Å²) in [5.41, 5.74) is 0. The van der Waals surface area contributed by atoms with E-state index in [9.17, 15) is 5.11 Å². The predicted molar refractivity (Wildman–Crippen MR) is 81.1 cm³/mol. The average molecular weight is 285 g/mol. The molecular weight excluding hydrogens is 254 g/mol. The molecule has 0 aromatic carbocycles. The van der Waals surface area contributed by atoms with Crippen molar-refractivity contribution in [3.8, 4) is 0 Å². The maximum absolute atomic E-state index is 10.2. The lowest BCUT2D eigenvalue weighted by Crippen LogP contribution is -2.45. The first-order valence-corrected chi connectivity index (χ1v) is 8.13. The monoisotopic (exact) mass is 285 g/mol. The third-order valence-electron chi connectivity index (χ3n) is 4.34. The summed E-state index contributed by atoms with van der Waals surface area (Å²) < 4.78 is 5.33. The molecule has 20 heavy (non-hydrogen) atoms. The van der Waals surface area contributed by atoms with Crippen molar-refractivity contribution < 1.29 is 9.84 Å². The van der Waals surface area contributed by atoms with Crippen LogP contribution in [0.2, 0.25) is 0 Å². The van der Waals surface area contributed by atoms with E-state index in [0.29, 0.717) is 0 Å². The van der Waals surface area contributed by atoms with Gasteiger partial charge >= 0.3 is 0 Å². The molecular formula is C15H31N3O2. The van der Waals surface area contributed by atoms with Gasteiger partial charge in [0, 0.05) is 39.3 Å². The Bertz CT molecular complexity index is 254. The molecule has 118 valence electrons. The van der Waals surface area contributed by atoms with Crippen molar-refractivity contribution in [3.63, 3.8) is 0 Å². The maximum atomic E-state index is 10.2. The highest BCUT2D eigenvalue weighted by atomic mass is 16.5. The molecule has 0 amide bonds. The van der Waals surface area contributed by atoms with Gasteiger partial charge in [-0.15, -0.1) is 0 Å². The fraction of sp³-hybridized carbons (Fsp3) is 1.00. The summed E-state index contributed by atoms with van der Waals surface area (Å²) in [4.78, 5) is 7.11. The van der Waals surface area contributed by atoms with Gasteiger partial charge in [0.2, 0.25) is 0 Å². The molecule has 2 saturated heterocycles. The van der Waals surface area contributed by atoms with E-state index in [2.05, 4.69) is 21.7 Å². The number of aliphatic hydroxyl groups is 1. The summed E-state index contributed by atoms with van der Waals surface area (Å²) in [5.74, 6) is 0. The zero-order chi connectivity index (χ0) is 14.2. The van der Waals surface area contributed by atoms with Gasteiger partial charge in [0.25, 0.3) is 0 Å². The van der Waals surface area contributed by atoms with Crippen LogP contribution in [0.4, 0.5) is 0 Å². The first-order chi connectivity index (χ1) is 9.74. The maximum Gasteiger partial charge on any atom is 0.0793 e. The highest BCUT2D eigenvalue weighted by Gasteiger charge is 2.17. The van der Waals surface area contributed by atoms with E-state index in [0.717, 1.165) is 52.5 Å². The molecule has 2 aliphatic rings. The highest BCUT2D eigenvalue weighted by Crippen LogP contribution is 2.08. The van der Waals surface area contributed by atoms with Crippen LogP contribution in [0.3, 0.4) is 0 Å². The Morgan fingerprint density at radius 1 is 1.05 bits per heavy atom. The van der Waals surface area contributed by atoms with Crippen molar-refractivity contribution in [2.45, 2.75) is 25.4 Å². The molecule has 5 nitrogen and oxygen atoms in total. The molecule has 0 aliphatic carbocycles. The average Bonchev–Trinajstić information content (AvgIpc) is 2.47. The Morgan fingerprint density at radius 3 is 2.45 bits per heavy atom. The summed E-state index contributed by atoms with van der Waals surface area (Å²) in [7, 11) is 2.12. The van der Waals surface area contributed by atoms with Gasteiger partial charge in [0.05, 0.1) is 19.3 Å². The minimum Gasteiger partial charge on any atom is -0.390 e. The zero-order valence-electron chi connectivity index (χ0n) is 13.0. The number of hydrogen-bond donors (Lipinski definition) is 1. The van der Waals surface area contributed by atoms with Gasteiger partial charge in [-0.25, -0.2) is 0 Å². The third kappa shape index (κ3) is 6.06. The lowest BCUT2D eigenvalue weighted by Gasteiger charge is -2.31. The Kier molecular flexibility index (Phi) is 7.24. The van der Waals surface area contributed by atoms with Gasteiger partial charge in [0.1, 0.15) is 0 Å². The fourth-order valence-corrected chi connectivity index (χ4v) is 3.09. The Balaban J connectivity index is 1.56. The van der Waals surface area contributed by atoms with E-state index in [1.165, 1.54) is 32.4 Å². The molecule has 2 aliphatic heterocycles. The van der Waals surface area contributed by atoms with E-state index >= 15 is 0 Å². The van der Waals surface area contributed by atoms with Gasteiger partial charge < -0.3 is 19.6 Å². The summed E-state index contributed by atoms with van der Waals surface area (Å²) in [6, 6.07) is 0. The number of likely N-dealkylation sites (tertiary alicyclic amines) is 1. The lowest BCUT2D eigenvalue weighted by atomic mass is 10.1. The Labute approximate surface area is 123 Å². The molecule has 0 radical (unpaired) electrons. The second kappa shape index (κ2) is 8.95. The van der Waals surface area contributed by atoms with Crippen LogP contribution < -0.4 is 0 Å². The van der Waals surface area contributed by atoms with Gasteiger partial charge in [-0.3, -0.25) is 4.90 Å². The third-order valence-corrected chi connectivity index (χ3v) is 4.34. The van der Waals surface area contributed by atoms with Crippen LogP contribution >= 0.6 is 0 Å². The van der Waals surface area contributed by atoms with Crippen LogP contribution in [-0.4, -0.2) is 98.5 Å². The van der Waals surface area contributed by atoms with E-state index in [1.54, 1.807) is 0 Å². The molecule has 5 heteroatoms. The Hall–Kier alpha value is -0.200. The van der Waals surface area contributed by atoms with E-state index in [-0.39, 0.29) is 6.10 Å². The second-order valence-electron chi connectivity index (χ2n) is 6.23. The summed E-state index contributed by atoms with van der Waals surface area (Å²) in [5, 5.41) is 10.2. The van der Waals surface area contributed by atoms with E-state index in [4.69, 9.17) is 4.74 Å².